The van der Waals surface area contributed by atoms with E-state index in [1.165, 1.54) is 0 Å². The molecule has 18 heavy (non-hydrogen) atoms. The minimum Gasteiger partial charge on any atom is -0.338 e. The average Bonchev–Trinajstić information content (AvgIpc) is 2.75. The predicted octanol–water partition coefficient (Wildman–Crippen LogP) is 1.04. The summed E-state index contributed by atoms with van der Waals surface area (Å²) >= 11 is 0. The van der Waals surface area contributed by atoms with Gasteiger partial charge in [-0.25, -0.2) is 0 Å². The maximum absolute atomic E-state index is 12.2. The molecule has 0 bridgehead atoms. The fourth-order valence-electron chi connectivity index (χ4n) is 2.34. The van der Waals surface area contributed by atoms with Gasteiger partial charge in [-0.2, -0.15) is 5.10 Å². The van der Waals surface area contributed by atoms with E-state index in [4.69, 9.17) is 5.73 Å². The van der Waals surface area contributed by atoms with Crippen molar-refractivity contribution >= 4 is 18.3 Å². The summed E-state index contributed by atoms with van der Waals surface area (Å²) in [7, 11) is 1.82. The molecular formula is C12H21ClN4O. The molecule has 1 saturated heterocycles. The van der Waals surface area contributed by atoms with Crippen molar-refractivity contribution in [2.45, 2.75) is 25.8 Å². The van der Waals surface area contributed by atoms with Gasteiger partial charge in [0.1, 0.15) is 0 Å². The molecule has 1 aromatic heterocycles. The fourth-order valence-corrected chi connectivity index (χ4v) is 2.34. The normalized spacial score (nSPS) is 21.3. The maximum Gasteiger partial charge on any atom is 0.257 e. The van der Waals surface area contributed by atoms with Crippen LogP contribution in [0.1, 0.15) is 30.1 Å². The van der Waals surface area contributed by atoms with Crippen LogP contribution in [0.2, 0.25) is 0 Å². The molecule has 1 fully saturated rings. The zero-order valence-corrected chi connectivity index (χ0v) is 11.7. The number of piperidine rings is 1. The van der Waals surface area contributed by atoms with Crippen molar-refractivity contribution in [3.63, 3.8) is 0 Å². The third-order valence-corrected chi connectivity index (χ3v) is 3.44. The van der Waals surface area contributed by atoms with Crippen molar-refractivity contribution in [3.8, 4) is 0 Å². The van der Waals surface area contributed by atoms with E-state index >= 15 is 0 Å². The molecule has 0 radical (unpaired) electrons. The highest BCUT2D eigenvalue weighted by molar-refractivity contribution is 5.93. The first-order chi connectivity index (χ1) is 8.08. The highest BCUT2D eigenvalue weighted by atomic mass is 35.5. The molecule has 1 aliphatic heterocycles. The topological polar surface area (TPSA) is 64.2 Å². The van der Waals surface area contributed by atoms with Gasteiger partial charge in [0, 0.05) is 32.4 Å². The van der Waals surface area contributed by atoms with E-state index in [0.29, 0.717) is 11.5 Å². The van der Waals surface area contributed by atoms with Crippen molar-refractivity contribution in [2.24, 2.45) is 18.7 Å². The Kier molecular flexibility index (Phi) is 5.16. The molecule has 2 unspecified atom stereocenters. The number of amides is 1. The Morgan fingerprint density at radius 3 is 2.89 bits per heavy atom. The molecule has 2 heterocycles. The molecule has 2 N–H and O–H groups in total. The number of hydrogen-bond donors (Lipinski definition) is 1. The highest BCUT2D eigenvalue weighted by Crippen LogP contribution is 2.20. The third-order valence-electron chi connectivity index (χ3n) is 3.44. The number of halogens is 1. The summed E-state index contributed by atoms with van der Waals surface area (Å²) in [4.78, 5) is 14.1. The van der Waals surface area contributed by atoms with Gasteiger partial charge in [-0.1, -0.05) is 0 Å². The van der Waals surface area contributed by atoms with Crippen LogP contribution in [-0.4, -0.2) is 39.7 Å². The Morgan fingerprint density at radius 1 is 1.61 bits per heavy atom. The lowest BCUT2D eigenvalue weighted by Crippen LogP contribution is -2.45. The quantitative estimate of drug-likeness (QED) is 0.875. The molecule has 0 aliphatic carbocycles. The number of aryl methyl sites for hydroxylation is 1. The van der Waals surface area contributed by atoms with Crippen LogP contribution in [0.25, 0.3) is 0 Å². The van der Waals surface area contributed by atoms with Gasteiger partial charge in [-0.05, 0) is 25.7 Å². The highest BCUT2D eigenvalue weighted by Gasteiger charge is 2.26. The first-order valence-corrected chi connectivity index (χ1v) is 6.11. The van der Waals surface area contributed by atoms with Gasteiger partial charge in [0.25, 0.3) is 5.91 Å². The summed E-state index contributed by atoms with van der Waals surface area (Å²) in [5.41, 5.74) is 6.58. The Morgan fingerprint density at radius 2 is 2.33 bits per heavy atom. The van der Waals surface area contributed by atoms with Crippen molar-refractivity contribution in [2.75, 3.05) is 13.1 Å². The number of nitrogens with two attached hydrogens (primary N) is 1. The number of likely N-dealkylation sites (tertiary alicyclic amines) is 1. The zero-order chi connectivity index (χ0) is 12.4. The molecule has 2 rings (SSSR count). The first kappa shape index (κ1) is 15.0. The summed E-state index contributed by atoms with van der Waals surface area (Å²) < 4.78 is 1.65. The average molecular weight is 273 g/mol. The lowest BCUT2D eigenvalue weighted by Gasteiger charge is -2.34. The lowest BCUT2D eigenvalue weighted by atomic mass is 9.92. The SMILES string of the molecule is CC(N)C1CCCN(C(=O)c2cnn(C)c2)C1.Cl. The van der Waals surface area contributed by atoms with Crippen LogP contribution >= 0.6 is 12.4 Å². The monoisotopic (exact) mass is 272 g/mol. The Labute approximate surface area is 114 Å². The molecule has 1 amide bonds. The number of carbonyl (C=O) groups is 1. The van der Waals surface area contributed by atoms with E-state index in [0.717, 1.165) is 25.9 Å². The lowest BCUT2D eigenvalue weighted by molar-refractivity contribution is 0.0661. The Bertz CT molecular complexity index is 405. The summed E-state index contributed by atoms with van der Waals surface area (Å²) in [6.45, 7) is 3.62. The van der Waals surface area contributed by atoms with E-state index in [-0.39, 0.29) is 24.4 Å². The Balaban J connectivity index is 0.00000162. The first-order valence-electron chi connectivity index (χ1n) is 6.11. The van der Waals surface area contributed by atoms with Crippen molar-refractivity contribution in [3.05, 3.63) is 18.0 Å². The fraction of sp³-hybridized carbons (Fsp3) is 0.667. The number of rotatable bonds is 2. The van der Waals surface area contributed by atoms with Crippen LogP contribution in [-0.2, 0) is 7.05 Å². The van der Waals surface area contributed by atoms with E-state index in [1.54, 1.807) is 17.1 Å². The number of hydrogen-bond acceptors (Lipinski definition) is 3. The van der Waals surface area contributed by atoms with Crippen molar-refractivity contribution in [1.29, 1.82) is 0 Å². The molecule has 5 nitrogen and oxygen atoms in total. The molecule has 6 heteroatoms. The van der Waals surface area contributed by atoms with Gasteiger partial charge < -0.3 is 10.6 Å². The maximum atomic E-state index is 12.2. The molecule has 1 aliphatic rings. The number of nitrogens with zero attached hydrogens (tertiary/aromatic N) is 3. The Hall–Kier alpha value is -1.07. The summed E-state index contributed by atoms with van der Waals surface area (Å²) in [6.07, 6.45) is 5.54. The molecule has 0 spiro atoms. The van der Waals surface area contributed by atoms with Crippen LogP contribution in [0.5, 0.6) is 0 Å². The molecule has 1 aromatic rings. The van der Waals surface area contributed by atoms with Crippen LogP contribution in [0, 0.1) is 5.92 Å². The molecule has 2 atom stereocenters. The molecular weight excluding hydrogens is 252 g/mol. The summed E-state index contributed by atoms with van der Waals surface area (Å²) in [5.74, 6) is 0.493. The minimum atomic E-state index is 0. The van der Waals surface area contributed by atoms with Crippen LogP contribution in [0.15, 0.2) is 12.4 Å². The van der Waals surface area contributed by atoms with Gasteiger partial charge in [0.15, 0.2) is 0 Å². The smallest absolute Gasteiger partial charge is 0.257 e. The van der Waals surface area contributed by atoms with Crippen LogP contribution < -0.4 is 5.73 Å². The molecule has 0 saturated carbocycles. The van der Waals surface area contributed by atoms with E-state index in [9.17, 15) is 4.79 Å². The van der Waals surface area contributed by atoms with Gasteiger partial charge >= 0.3 is 0 Å². The number of carbonyl (C=O) groups excluding carboxylic acids is 1. The molecule has 0 aromatic carbocycles. The summed E-state index contributed by atoms with van der Waals surface area (Å²) in [5, 5.41) is 4.03. The largest absolute Gasteiger partial charge is 0.338 e. The second-order valence-corrected chi connectivity index (χ2v) is 4.92. The minimum absolute atomic E-state index is 0. The van der Waals surface area contributed by atoms with Gasteiger partial charge in [0.05, 0.1) is 11.8 Å². The van der Waals surface area contributed by atoms with Crippen molar-refractivity contribution < 1.29 is 4.79 Å². The van der Waals surface area contributed by atoms with Crippen LogP contribution in [0.3, 0.4) is 0 Å². The second kappa shape index (κ2) is 6.20. The predicted molar refractivity (Wildman–Crippen MR) is 72.7 cm³/mol. The van der Waals surface area contributed by atoms with E-state index in [1.807, 2.05) is 18.9 Å². The van der Waals surface area contributed by atoms with Gasteiger partial charge in [-0.15, -0.1) is 12.4 Å². The zero-order valence-electron chi connectivity index (χ0n) is 10.9. The summed E-state index contributed by atoms with van der Waals surface area (Å²) in [6, 6.07) is 0.152. The molecule has 102 valence electrons. The van der Waals surface area contributed by atoms with Crippen LogP contribution in [0.4, 0.5) is 0 Å². The van der Waals surface area contributed by atoms with E-state index in [2.05, 4.69) is 5.10 Å². The van der Waals surface area contributed by atoms with Gasteiger partial charge in [-0.3, -0.25) is 9.48 Å². The number of aromatic nitrogens is 2. The van der Waals surface area contributed by atoms with E-state index < -0.39 is 0 Å². The third kappa shape index (κ3) is 3.23. The second-order valence-electron chi connectivity index (χ2n) is 4.92. The standard InChI is InChI=1S/C12H20N4O.ClH/c1-9(13)10-4-3-5-16(8-10)12(17)11-6-14-15(2)7-11;/h6-7,9-10H,3-5,8,13H2,1-2H3;1H. The van der Waals surface area contributed by atoms with Gasteiger partial charge in [0.2, 0.25) is 0 Å². The van der Waals surface area contributed by atoms with Crippen molar-refractivity contribution in [1.82, 2.24) is 14.7 Å².